The Hall–Kier alpha value is -1.55. The van der Waals surface area contributed by atoms with Gasteiger partial charge in [0.2, 0.25) is 0 Å². The van der Waals surface area contributed by atoms with E-state index in [1.54, 1.807) is 4.57 Å². The summed E-state index contributed by atoms with van der Waals surface area (Å²) in [4.78, 5) is 10.9. The molecule has 0 bridgehead atoms. The number of aliphatic hydroxyl groups is 2. The number of aromatic nitrogens is 4. The Morgan fingerprint density at radius 3 is 3.11 bits per heavy atom. The Bertz CT molecular complexity index is 669. The Morgan fingerprint density at radius 1 is 1.63 bits per heavy atom. The van der Waals surface area contributed by atoms with Gasteiger partial charge in [-0.25, -0.2) is 9.97 Å². The van der Waals surface area contributed by atoms with E-state index in [-0.39, 0.29) is 23.3 Å². The first-order chi connectivity index (χ1) is 9.10. The zero-order valence-corrected chi connectivity index (χ0v) is 10.7. The minimum Gasteiger partial charge on any atom is -0.394 e. The summed E-state index contributed by atoms with van der Waals surface area (Å²) in [6.45, 7) is -0.139. The number of imidazole rings is 1. The van der Waals surface area contributed by atoms with Gasteiger partial charge < -0.3 is 25.7 Å². The molecule has 1 aliphatic heterocycles. The van der Waals surface area contributed by atoms with Crippen molar-refractivity contribution in [3.8, 4) is 0 Å². The number of ether oxygens (including phenoxy) is 1. The average Bonchev–Trinajstić information content (AvgIpc) is 2.92. The van der Waals surface area contributed by atoms with Gasteiger partial charge in [0, 0.05) is 6.42 Å². The first kappa shape index (κ1) is 12.5. The molecule has 0 amide bonds. The van der Waals surface area contributed by atoms with Gasteiger partial charge >= 0.3 is 0 Å². The number of fused-ring (bicyclic) bond motifs is 1. The van der Waals surface area contributed by atoms with E-state index in [2.05, 4.69) is 15.0 Å². The van der Waals surface area contributed by atoms with Crippen molar-refractivity contribution in [1.29, 1.82) is 0 Å². The van der Waals surface area contributed by atoms with E-state index in [1.165, 1.54) is 6.33 Å². The molecule has 3 atom stereocenters. The van der Waals surface area contributed by atoms with Gasteiger partial charge in [-0.05, 0) is 0 Å². The number of aromatic amines is 1. The Kier molecular flexibility index (Phi) is 2.97. The normalized spacial score (nSPS) is 27.2. The van der Waals surface area contributed by atoms with Crippen LogP contribution < -0.4 is 5.73 Å². The fourth-order valence-corrected chi connectivity index (χ4v) is 2.49. The summed E-state index contributed by atoms with van der Waals surface area (Å²) in [6.07, 6.45) is 0.119. The molecule has 0 aliphatic carbocycles. The highest BCUT2D eigenvalue weighted by molar-refractivity contribution is 7.71. The van der Waals surface area contributed by atoms with Crippen LogP contribution in [0.15, 0.2) is 6.33 Å². The van der Waals surface area contributed by atoms with Gasteiger partial charge in [0.15, 0.2) is 16.8 Å². The number of H-pyrrole nitrogens is 1. The van der Waals surface area contributed by atoms with Crippen molar-refractivity contribution in [3.05, 3.63) is 11.0 Å². The summed E-state index contributed by atoms with van der Waals surface area (Å²) in [5.74, 6) is 0.172. The van der Waals surface area contributed by atoms with Crippen LogP contribution in [0.2, 0.25) is 0 Å². The fourth-order valence-electron chi connectivity index (χ4n) is 2.24. The van der Waals surface area contributed by atoms with Crippen LogP contribution in [0.4, 0.5) is 5.95 Å². The summed E-state index contributed by atoms with van der Waals surface area (Å²) in [6, 6.07) is 0. The van der Waals surface area contributed by atoms with E-state index in [1.807, 2.05) is 0 Å². The van der Waals surface area contributed by atoms with Crippen LogP contribution in [0.3, 0.4) is 0 Å². The number of nitrogens with one attached hydrogen (secondary N) is 1. The van der Waals surface area contributed by atoms with Gasteiger partial charge in [0.25, 0.3) is 0 Å². The number of rotatable bonds is 2. The maximum atomic E-state index is 9.99. The molecular weight excluding hydrogens is 270 g/mol. The van der Waals surface area contributed by atoms with Gasteiger partial charge in [0.05, 0.1) is 19.0 Å². The molecule has 3 heterocycles. The van der Waals surface area contributed by atoms with Gasteiger partial charge in [-0.1, -0.05) is 12.2 Å². The van der Waals surface area contributed by atoms with Gasteiger partial charge in [-0.15, -0.1) is 0 Å². The van der Waals surface area contributed by atoms with E-state index < -0.39 is 12.3 Å². The third-order valence-corrected chi connectivity index (χ3v) is 3.39. The lowest BCUT2D eigenvalue weighted by molar-refractivity contribution is -0.0486. The van der Waals surface area contributed by atoms with E-state index >= 15 is 0 Å². The van der Waals surface area contributed by atoms with Crippen molar-refractivity contribution in [2.75, 3.05) is 12.3 Å². The molecule has 1 saturated heterocycles. The first-order valence-electron chi connectivity index (χ1n) is 5.77. The van der Waals surface area contributed by atoms with E-state index in [0.717, 1.165) is 0 Å². The highest BCUT2D eigenvalue weighted by Crippen LogP contribution is 2.30. The number of aliphatic hydroxyl groups excluding tert-OH is 2. The zero-order valence-electron chi connectivity index (χ0n) is 9.85. The third-order valence-electron chi connectivity index (χ3n) is 3.11. The lowest BCUT2D eigenvalue weighted by Gasteiger charge is -2.16. The number of nitrogens with two attached hydrogens (primary N) is 1. The summed E-state index contributed by atoms with van der Waals surface area (Å²) >= 11 is 5.07. The summed E-state index contributed by atoms with van der Waals surface area (Å²) in [5.41, 5.74) is 6.66. The molecule has 2 aromatic rings. The summed E-state index contributed by atoms with van der Waals surface area (Å²) < 4.78 is 7.47. The van der Waals surface area contributed by atoms with Crippen LogP contribution in [-0.2, 0) is 4.74 Å². The molecule has 102 valence electrons. The van der Waals surface area contributed by atoms with Crippen LogP contribution in [-0.4, -0.2) is 48.5 Å². The molecule has 0 spiro atoms. The molecule has 9 heteroatoms. The van der Waals surface area contributed by atoms with Crippen LogP contribution in [0, 0.1) is 4.64 Å². The molecule has 5 N–H and O–H groups in total. The zero-order chi connectivity index (χ0) is 13.6. The first-order valence-corrected chi connectivity index (χ1v) is 6.17. The van der Waals surface area contributed by atoms with Gasteiger partial charge in [0.1, 0.15) is 17.3 Å². The third kappa shape index (κ3) is 2.00. The van der Waals surface area contributed by atoms with Crippen molar-refractivity contribution < 1.29 is 14.9 Å². The molecule has 0 radical (unpaired) electrons. The molecule has 1 fully saturated rings. The van der Waals surface area contributed by atoms with Crippen molar-refractivity contribution in [2.45, 2.75) is 24.9 Å². The topological polar surface area (TPSA) is 122 Å². The van der Waals surface area contributed by atoms with E-state index in [0.29, 0.717) is 17.6 Å². The van der Waals surface area contributed by atoms with E-state index in [4.69, 9.17) is 27.8 Å². The standard InChI is InChI=1S/C10H13N5O3S/c11-10-13-7-6(8(19)14-10)12-3-15(7)9-5(17)1-4(2-16)18-9/h3-5,9,16-17H,1-2H2,(H3,11,13,14,19)/t4-,5+,9+/m0/s1. The van der Waals surface area contributed by atoms with Crippen molar-refractivity contribution in [2.24, 2.45) is 0 Å². The largest absolute Gasteiger partial charge is 0.394 e. The van der Waals surface area contributed by atoms with Crippen LogP contribution in [0.5, 0.6) is 0 Å². The lowest BCUT2D eigenvalue weighted by Crippen LogP contribution is -2.19. The van der Waals surface area contributed by atoms with Crippen LogP contribution in [0.1, 0.15) is 12.6 Å². The highest BCUT2D eigenvalue weighted by Gasteiger charge is 2.35. The van der Waals surface area contributed by atoms with Gasteiger partial charge in [-0.2, -0.15) is 0 Å². The average molecular weight is 283 g/mol. The second-order valence-corrected chi connectivity index (χ2v) is 4.80. The molecule has 1 aliphatic rings. The van der Waals surface area contributed by atoms with Crippen LogP contribution >= 0.6 is 12.2 Å². The van der Waals surface area contributed by atoms with Crippen molar-refractivity contribution in [3.63, 3.8) is 0 Å². The highest BCUT2D eigenvalue weighted by atomic mass is 32.1. The Balaban J connectivity index is 2.09. The smallest absolute Gasteiger partial charge is 0.200 e. The predicted molar refractivity (Wildman–Crippen MR) is 68.7 cm³/mol. The number of anilines is 1. The lowest BCUT2D eigenvalue weighted by atomic mass is 10.2. The molecule has 0 saturated carbocycles. The van der Waals surface area contributed by atoms with Crippen LogP contribution in [0.25, 0.3) is 11.2 Å². The SMILES string of the molecule is Nc1nc(=S)c2ncn([C@@H]3O[C@H](CO)C[C@H]3O)c2[nH]1. The molecule has 0 unspecified atom stereocenters. The number of hydrogen-bond donors (Lipinski definition) is 4. The maximum Gasteiger partial charge on any atom is 0.200 e. The second kappa shape index (κ2) is 4.53. The molecular formula is C10H13N5O3S. The number of hydrogen-bond acceptors (Lipinski definition) is 7. The van der Waals surface area contributed by atoms with Crippen molar-refractivity contribution in [1.82, 2.24) is 19.5 Å². The molecule has 2 aromatic heterocycles. The minimum absolute atomic E-state index is 0.139. The van der Waals surface area contributed by atoms with Crippen molar-refractivity contribution >= 4 is 29.3 Å². The van der Waals surface area contributed by atoms with Gasteiger partial charge in [-0.3, -0.25) is 4.57 Å². The fraction of sp³-hybridized carbons (Fsp3) is 0.500. The monoisotopic (exact) mass is 283 g/mol. The number of nitrogen functional groups attached to an aromatic ring is 1. The summed E-state index contributed by atoms with van der Waals surface area (Å²) in [7, 11) is 0. The summed E-state index contributed by atoms with van der Waals surface area (Å²) in [5, 5.41) is 19.1. The predicted octanol–water partition coefficient (Wildman–Crippen LogP) is -0.288. The minimum atomic E-state index is -0.731. The molecule has 19 heavy (non-hydrogen) atoms. The molecule has 3 rings (SSSR count). The molecule has 0 aromatic carbocycles. The number of nitrogens with zero attached hydrogens (tertiary/aromatic N) is 3. The molecule has 8 nitrogen and oxygen atoms in total. The Morgan fingerprint density at radius 2 is 2.42 bits per heavy atom. The maximum absolute atomic E-state index is 9.99. The Labute approximate surface area is 112 Å². The second-order valence-electron chi connectivity index (χ2n) is 4.41. The van der Waals surface area contributed by atoms with E-state index in [9.17, 15) is 5.11 Å². The quantitative estimate of drug-likeness (QED) is 0.559.